The minimum Gasteiger partial charge on any atom is -0.394 e. The van der Waals surface area contributed by atoms with Gasteiger partial charge in [-0.25, -0.2) is 9.50 Å². The molecule has 2 aromatic carbocycles. The van der Waals surface area contributed by atoms with Gasteiger partial charge in [0.05, 0.1) is 29.6 Å². The van der Waals surface area contributed by atoms with Crippen LogP contribution in [0.3, 0.4) is 0 Å². The van der Waals surface area contributed by atoms with E-state index in [-0.39, 0.29) is 12.6 Å². The van der Waals surface area contributed by atoms with E-state index >= 15 is 0 Å². The summed E-state index contributed by atoms with van der Waals surface area (Å²) in [7, 11) is 0. The van der Waals surface area contributed by atoms with Crippen LogP contribution in [-0.2, 0) is 6.18 Å². The molecule has 0 spiro atoms. The van der Waals surface area contributed by atoms with E-state index < -0.39 is 11.7 Å². The highest BCUT2D eigenvalue weighted by atomic mass is 35.5. The van der Waals surface area contributed by atoms with Crippen LogP contribution in [0, 0.1) is 6.92 Å². The van der Waals surface area contributed by atoms with Crippen LogP contribution in [0.5, 0.6) is 0 Å². The summed E-state index contributed by atoms with van der Waals surface area (Å²) >= 11 is 6.07. The molecule has 1 N–H and O–H groups in total. The molecule has 0 aliphatic carbocycles. The second-order valence-corrected chi connectivity index (χ2v) is 8.89. The van der Waals surface area contributed by atoms with Gasteiger partial charge in [-0.05, 0) is 49.6 Å². The highest BCUT2D eigenvalue weighted by Crippen LogP contribution is 2.37. The summed E-state index contributed by atoms with van der Waals surface area (Å²) in [4.78, 5) is 6.91. The van der Waals surface area contributed by atoms with Crippen molar-refractivity contribution < 1.29 is 18.3 Å². The largest absolute Gasteiger partial charge is 0.416 e. The molecule has 9 heteroatoms. The number of aryl methyl sites for hydroxylation is 1. The minimum atomic E-state index is -4.46. The van der Waals surface area contributed by atoms with Gasteiger partial charge in [-0.2, -0.15) is 18.3 Å². The molecule has 5 rings (SSSR count). The van der Waals surface area contributed by atoms with Crippen molar-refractivity contribution in [2.45, 2.75) is 32.0 Å². The lowest BCUT2D eigenvalue weighted by atomic mass is 10.1. The molecule has 2 aromatic heterocycles. The van der Waals surface area contributed by atoms with Crippen molar-refractivity contribution in [1.29, 1.82) is 0 Å². The molecule has 4 aromatic rings. The zero-order valence-corrected chi connectivity index (χ0v) is 19.1. The average Bonchev–Trinajstić information content (AvgIpc) is 3.42. The van der Waals surface area contributed by atoms with Gasteiger partial charge in [-0.15, -0.1) is 0 Å². The molecule has 0 saturated carbocycles. The predicted octanol–water partition coefficient (Wildman–Crippen LogP) is 6.01. The first kappa shape index (κ1) is 22.7. The molecule has 0 bridgehead atoms. The molecule has 1 saturated heterocycles. The summed E-state index contributed by atoms with van der Waals surface area (Å²) in [6.45, 7) is 2.54. The first-order chi connectivity index (χ1) is 16.3. The third-order valence-electron chi connectivity index (χ3n) is 6.25. The van der Waals surface area contributed by atoms with Crippen LogP contribution in [0.1, 0.15) is 24.1 Å². The number of hydrogen-bond acceptors (Lipinski definition) is 4. The van der Waals surface area contributed by atoms with Gasteiger partial charge in [0.15, 0.2) is 5.65 Å². The highest BCUT2D eigenvalue weighted by molar-refractivity contribution is 6.30. The van der Waals surface area contributed by atoms with Crippen LogP contribution in [0.15, 0.2) is 54.6 Å². The number of halogens is 4. The van der Waals surface area contributed by atoms with E-state index in [9.17, 15) is 18.3 Å². The Hall–Kier alpha value is -3.10. The highest BCUT2D eigenvalue weighted by Gasteiger charge is 2.31. The number of nitrogens with zero attached hydrogens (tertiary/aromatic N) is 4. The van der Waals surface area contributed by atoms with E-state index in [2.05, 4.69) is 5.10 Å². The number of benzene rings is 2. The van der Waals surface area contributed by atoms with Crippen molar-refractivity contribution in [1.82, 2.24) is 14.6 Å². The molecule has 1 fully saturated rings. The van der Waals surface area contributed by atoms with Crippen molar-refractivity contribution in [2.75, 3.05) is 18.1 Å². The third kappa shape index (κ3) is 4.01. The quantitative estimate of drug-likeness (QED) is 0.384. The minimum absolute atomic E-state index is 0.0198. The molecule has 1 unspecified atom stereocenters. The number of alkyl halides is 3. The van der Waals surface area contributed by atoms with Gasteiger partial charge in [0, 0.05) is 28.8 Å². The van der Waals surface area contributed by atoms with Gasteiger partial charge in [0.25, 0.3) is 0 Å². The molecule has 1 aliphatic heterocycles. The van der Waals surface area contributed by atoms with Crippen molar-refractivity contribution in [2.24, 2.45) is 0 Å². The van der Waals surface area contributed by atoms with Crippen LogP contribution in [0.2, 0.25) is 5.02 Å². The molecule has 0 radical (unpaired) electrons. The Labute approximate surface area is 199 Å². The van der Waals surface area contributed by atoms with Crippen molar-refractivity contribution in [3.8, 4) is 22.4 Å². The van der Waals surface area contributed by atoms with Crippen LogP contribution >= 0.6 is 11.6 Å². The molecule has 176 valence electrons. The number of aromatic nitrogens is 3. The summed E-state index contributed by atoms with van der Waals surface area (Å²) in [6.07, 6.45) is -2.74. The fraction of sp³-hybridized carbons (Fsp3) is 0.280. The van der Waals surface area contributed by atoms with Gasteiger partial charge in [0.2, 0.25) is 0 Å². The molecule has 34 heavy (non-hydrogen) atoms. The first-order valence-corrected chi connectivity index (χ1v) is 11.4. The average molecular weight is 487 g/mol. The Bertz CT molecular complexity index is 1350. The fourth-order valence-electron chi connectivity index (χ4n) is 4.60. The van der Waals surface area contributed by atoms with E-state index in [4.69, 9.17) is 16.6 Å². The molecule has 0 amide bonds. The zero-order valence-electron chi connectivity index (χ0n) is 18.3. The molecule has 3 heterocycles. The lowest BCUT2D eigenvalue weighted by Crippen LogP contribution is -2.32. The number of aliphatic hydroxyl groups excluding tert-OH is 1. The standard InChI is InChI=1S/C25H22ClF3N4O/c1-15-23(16-7-9-19(26)10-8-16)24-30-22(32-11-3-6-20(32)14-34)13-21(33(24)31-15)17-4-2-5-18(12-17)25(27,28)29/h2,4-5,7-10,12-13,20,34H,3,6,11,14H2,1H3. The maximum absolute atomic E-state index is 13.5. The van der Waals surface area contributed by atoms with E-state index in [1.807, 2.05) is 24.0 Å². The number of rotatable bonds is 4. The van der Waals surface area contributed by atoms with E-state index in [1.165, 1.54) is 6.07 Å². The van der Waals surface area contributed by atoms with Gasteiger partial charge in [0.1, 0.15) is 5.82 Å². The van der Waals surface area contributed by atoms with Gasteiger partial charge in [-0.1, -0.05) is 35.9 Å². The first-order valence-electron chi connectivity index (χ1n) is 11.0. The number of aliphatic hydroxyl groups is 1. The van der Waals surface area contributed by atoms with E-state index in [0.29, 0.717) is 40.0 Å². The monoisotopic (exact) mass is 486 g/mol. The van der Waals surface area contributed by atoms with E-state index in [0.717, 1.165) is 36.1 Å². The normalized spacial score (nSPS) is 16.5. The maximum atomic E-state index is 13.5. The van der Waals surface area contributed by atoms with Gasteiger partial charge in [-0.3, -0.25) is 0 Å². The topological polar surface area (TPSA) is 53.7 Å². The number of anilines is 1. The summed E-state index contributed by atoms with van der Waals surface area (Å²) in [5, 5.41) is 15.1. The summed E-state index contributed by atoms with van der Waals surface area (Å²) in [5.41, 5.74) is 3.02. The SMILES string of the molecule is Cc1nn2c(-c3cccc(C(F)(F)F)c3)cc(N3CCCC3CO)nc2c1-c1ccc(Cl)cc1. The van der Waals surface area contributed by atoms with Crippen molar-refractivity contribution >= 4 is 23.1 Å². The Balaban J connectivity index is 1.78. The molecule has 5 nitrogen and oxygen atoms in total. The van der Waals surface area contributed by atoms with Gasteiger partial charge >= 0.3 is 6.18 Å². The fourth-order valence-corrected chi connectivity index (χ4v) is 4.73. The summed E-state index contributed by atoms with van der Waals surface area (Å²) in [6, 6.07) is 14.2. The Morgan fingerprint density at radius 3 is 2.56 bits per heavy atom. The lowest BCUT2D eigenvalue weighted by molar-refractivity contribution is -0.137. The van der Waals surface area contributed by atoms with Crippen molar-refractivity contribution in [3.05, 3.63) is 70.9 Å². The predicted molar refractivity (Wildman–Crippen MR) is 126 cm³/mol. The Morgan fingerprint density at radius 1 is 1.09 bits per heavy atom. The Kier molecular flexibility index (Phi) is 5.73. The molecule has 1 aliphatic rings. The molecule has 1 atom stereocenters. The number of hydrogen-bond donors (Lipinski definition) is 1. The molecular formula is C25H22ClF3N4O. The summed E-state index contributed by atoms with van der Waals surface area (Å²) < 4.78 is 42.0. The Morgan fingerprint density at radius 2 is 1.85 bits per heavy atom. The smallest absolute Gasteiger partial charge is 0.394 e. The van der Waals surface area contributed by atoms with Crippen LogP contribution in [0.25, 0.3) is 28.0 Å². The van der Waals surface area contributed by atoms with E-state index in [1.54, 1.807) is 28.8 Å². The molecular weight excluding hydrogens is 465 g/mol. The lowest BCUT2D eigenvalue weighted by Gasteiger charge is -2.25. The van der Waals surface area contributed by atoms with Gasteiger partial charge < -0.3 is 10.0 Å². The van der Waals surface area contributed by atoms with Crippen LogP contribution in [-0.4, -0.2) is 38.9 Å². The number of fused-ring (bicyclic) bond motifs is 1. The second kappa shape index (κ2) is 8.60. The maximum Gasteiger partial charge on any atom is 0.416 e. The summed E-state index contributed by atoms with van der Waals surface area (Å²) in [5.74, 6) is 0.603. The third-order valence-corrected chi connectivity index (χ3v) is 6.50. The van der Waals surface area contributed by atoms with Crippen LogP contribution < -0.4 is 4.90 Å². The van der Waals surface area contributed by atoms with Crippen LogP contribution in [0.4, 0.5) is 19.0 Å². The second-order valence-electron chi connectivity index (χ2n) is 8.45. The zero-order chi connectivity index (χ0) is 24.0. The van der Waals surface area contributed by atoms with Crippen molar-refractivity contribution in [3.63, 3.8) is 0 Å².